The summed E-state index contributed by atoms with van der Waals surface area (Å²) in [6.45, 7) is 5.68. The van der Waals surface area contributed by atoms with Gasteiger partial charge < -0.3 is 4.74 Å². The Morgan fingerprint density at radius 1 is 0.722 bits per heavy atom. The van der Waals surface area contributed by atoms with Crippen LogP contribution in [0.3, 0.4) is 0 Å². The molecule has 18 heavy (non-hydrogen) atoms. The van der Waals surface area contributed by atoms with Crippen LogP contribution in [0.1, 0.15) is 22.3 Å². The Morgan fingerprint density at radius 2 is 1.22 bits per heavy atom. The van der Waals surface area contributed by atoms with Gasteiger partial charge in [0.2, 0.25) is 0 Å². The van der Waals surface area contributed by atoms with E-state index in [1.165, 1.54) is 22.3 Å². The van der Waals surface area contributed by atoms with Crippen LogP contribution in [0.4, 0.5) is 0 Å². The molecule has 0 heterocycles. The molecule has 0 aliphatic heterocycles. The van der Waals surface area contributed by atoms with Gasteiger partial charge in [0.25, 0.3) is 0 Å². The summed E-state index contributed by atoms with van der Waals surface area (Å²) < 4.78 is 5.69. The number of hydrogen-bond donors (Lipinski definition) is 0. The highest BCUT2D eigenvalue weighted by Gasteiger charge is 1.95. The zero-order chi connectivity index (χ0) is 12.8. The Kier molecular flexibility index (Phi) is 4.54. The summed E-state index contributed by atoms with van der Waals surface area (Å²) >= 11 is 0. The summed E-state index contributed by atoms with van der Waals surface area (Å²) in [7, 11) is 0. The predicted octanol–water partition coefficient (Wildman–Crippen LogP) is 4.06. The molecule has 0 bridgehead atoms. The van der Waals surface area contributed by atoms with Crippen LogP contribution in [0.2, 0.25) is 0 Å². The molecule has 1 nitrogen and oxygen atoms in total. The lowest BCUT2D eigenvalue weighted by Crippen LogP contribution is -1.99. The van der Waals surface area contributed by atoms with Crippen LogP contribution in [0.15, 0.2) is 48.5 Å². The number of aryl methyl sites for hydroxylation is 2. The Labute approximate surface area is 109 Å². The van der Waals surface area contributed by atoms with Crippen molar-refractivity contribution in [3.05, 3.63) is 70.8 Å². The van der Waals surface area contributed by atoms with E-state index in [1.54, 1.807) is 0 Å². The molecular weight excluding hydrogens is 220 g/mol. The van der Waals surface area contributed by atoms with Crippen molar-refractivity contribution in [3.63, 3.8) is 0 Å². The zero-order valence-corrected chi connectivity index (χ0v) is 11.1. The molecule has 1 heteroatoms. The molecule has 0 N–H and O–H groups in total. The fourth-order valence-electron chi connectivity index (χ4n) is 1.82. The molecule has 0 unspecified atom stereocenters. The Bertz CT molecular complexity index is 420. The molecule has 0 saturated heterocycles. The molecular formula is C17H20O. The van der Waals surface area contributed by atoms with Gasteiger partial charge in [0.1, 0.15) is 0 Å². The van der Waals surface area contributed by atoms with E-state index in [2.05, 4.69) is 62.4 Å². The topological polar surface area (TPSA) is 9.23 Å². The smallest absolute Gasteiger partial charge is 0.0717 e. The van der Waals surface area contributed by atoms with Crippen molar-refractivity contribution in [1.29, 1.82) is 0 Å². The first-order valence-corrected chi connectivity index (χ1v) is 6.43. The number of rotatable bonds is 5. The molecule has 2 aromatic carbocycles. The Hall–Kier alpha value is -1.60. The van der Waals surface area contributed by atoms with Gasteiger partial charge in [0, 0.05) is 0 Å². The third-order valence-electron chi connectivity index (χ3n) is 3.05. The van der Waals surface area contributed by atoms with Crippen molar-refractivity contribution in [2.24, 2.45) is 0 Å². The molecule has 0 atom stereocenters. The molecule has 0 amide bonds. The van der Waals surface area contributed by atoms with Crippen LogP contribution in [0, 0.1) is 13.8 Å². The first kappa shape index (κ1) is 12.8. The van der Waals surface area contributed by atoms with Crippen LogP contribution in [0.5, 0.6) is 0 Å². The van der Waals surface area contributed by atoms with Crippen LogP contribution >= 0.6 is 0 Å². The lowest BCUT2D eigenvalue weighted by Gasteiger charge is -2.05. The summed E-state index contributed by atoms with van der Waals surface area (Å²) in [5.41, 5.74) is 5.17. The predicted molar refractivity (Wildman–Crippen MR) is 75.7 cm³/mol. The average Bonchev–Trinajstić information content (AvgIpc) is 2.39. The van der Waals surface area contributed by atoms with E-state index in [9.17, 15) is 0 Å². The largest absolute Gasteiger partial charge is 0.376 e. The summed E-state index contributed by atoms with van der Waals surface area (Å²) in [5, 5.41) is 0. The number of hydrogen-bond acceptors (Lipinski definition) is 1. The molecule has 2 aromatic rings. The van der Waals surface area contributed by atoms with Gasteiger partial charge in [-0.1, -0.05) is 59.7 Å². The lowest BCUT2D eigenvalue weighted by atomic mass is 10.1. The zero-order valence-electron chi connectivity index (χ0n) is 11.1. The minimum Gasteiger partial charge on any atom is -0.376 e. The van der Waals surface area contributed by atoms with E-state index in [0.717, 1.165) is 13.0 Å². The maximum Gasteiger partial charge on any atom is 0.0717 e. The average molecular weight is 240 g/mol. The van der Waals surface area contributed by atoms with E-state index < -0.39 is 0 Å². The minimum absolute atomic E-state index is 0.701. The van der Waals surface area contributed by atoms with Gasteiger partial charge in [-0.2, -0.15) is 0 Å². The van der Waals surface area contributed by atoms with Crippen molar-refractivity contribution in [2.45, 2.75) is 26.9 Å². The molecule has 0 fully saturated rings. The Balaban J connectivity index is 1.73. The lowest BCUT2D eigenvalue weighted by molar-refractivity contribution is 0.124. The van der Waals surface area contributed by atoms with Crippen molar-refractivity contribution in [1.82, 2.24) is 0 Å². The second-order valence-corrected chi connectivity index (χ2v) is 4.77. The van der Waals surface area contributed by atoms with E-state index in [-0.39, 0.29) is 0 Å². The molecule has 94 valence electrons. The molecule has 0 radical (unpaired) electrons. The maximum absolute atomic E-state index is 5.69. The molecule has 0 aliphatic carbocycles. The standard InChI is InChI=1S/C17H20O/c1-14-3-7-16(8-4-14)11-12-18-13-17-9-5-15(2)6-10-17/h3-10H,11-13H2,1-2H3. The third kappa shape index (κ3) is 4.01. The second kappa shape index (κ2) is 6.36. The first-order valence-electron chi connectivity index (χ1n) is 6.43. The highest BCUT2D eigenvalue weighted by molar-refractivity contribution is 5.22. The Morgan fingerprint density at radius 3 is 1.78 bits per heavy atom. The summed E-state index contributed by atoms with van der Waals surface area (Å²) in [6, 6.07) is 17.1. The van der Waals surface area contributed by atoms with E-state index >= 15 is 0 Å². The molecule has 0 aliphatic rings. The van der Waals surface area contributed by atoms with Gasteiger partial charge in [0.15, 0.2) is 0 Å². The highest BCUT2D eigenvalue weighted by atomic mass is 16.5. The van der Waals surface area contributed by atoms with E-state index in [1.807, 2.05) is 0 Å². The van der Waals surface area contributed by atoms with Crippen molar-refractivity contribution < 1.29 is 4.74 Å². The van der Waals surface area contributed by atoms with Gasteiger partial charge in [-0.3, -0.25) is 0 Å². The summed E-state index contributed by atoms with van der Waals surface area (Å²) in [4.78, 5) is 0. The van der Waals surface area contributed by atoms with E-state index in [4.69, 9.17) is 4.74 Å². The summed E-state index contributed by atoms with van der Waals surface area (Å²) in [6.07, 6.45) is 0.978. The van der Waals surface area contributed by atoms with Gasteiger partial charge in [-0.25, -0.2) is 0 Å². The quantitative estimate of drug-likeness (QED) is 0.716. The normalized spacial score (nSPS) is 10.6. The van der Waals surface area contributed by atoms with Crippen LogP contribution in [-0.4, -0.2) is 6.61 Å². The first-order chi connectivity index (χ1) is 8.74. The SMILES string of the molecule is Cc1ccc(CCOCc2ccc(C)cc2)cc1. The van der Waals surface area contributed by atoms with Gasteiger partial charge >= 0.3 is 0 Å². The van der Waals surface area contributed by atoms with Crippen molar-refractivity contribution >= 4 is 0 Å². The van der Waals surface area contributed by atoms with Gasteiger partial charge in [-0.05, 0) is 31.4 Å². The molecule has 0 spiro atoms. The van der Waals surface area contributed by atoms with E-state index in [0.29, 0.717) is 6.61 Å². The van der Waals surface area contributed by atoms with Crippen LogP contribution in [0.25, 0.3) is 0 Å². The van der Waals surface area contributed by atoms with Crippen molar-refractivity contribution in [3.8, 4) is 0 Å². The third-order valence-corrected chi connectivity index (χ3v) is 3.05. The van der Waals surface area contributed by atoms with Crippen LogP contribution in [-0.2, 0) is 17.8 Å². The van der Waals surface area contributed by atoms with Crippen LogP contribution < -0.4 is 0 Å². The number of ether oxygens (including phenoxy) is 1. The minimum atomic E-state index is 0.701. The van der Waals surface area contributed by atoms with Gasteiger partial charge in [0.05, 0.1) is 13.2 Å². The molecule has 0 saturated carbocycles. The summed E-state index contributed by atoms with van der Waals surface area (Å²) in [5.74, 6) is 0. The fraction of sp³-hybridized carbons (Fsp3) is 0.294. The highest BCUT2D eigenvalue weighted by Crippen LogP contribution is 2.07. The molecule has 2 rings (SSSR count). The number of benzene rings is 2. The monoisotopic (exact) mass is 240 g/mol. The maximum atomic E-state index is 5.69. The van der Waals surface area contributed by atoms with Gasteiger partial charge in [-0.15, -0.1) is 0 Å². The molecule has 0 aromatic heterocycles. The fourth-order valence-corrected chi connectivity index (χ4v) is 1.82. The second-order valence-electron chi connectivity index (χ2n) is 4.77. The van der Waals surface area contributed by atoms with Crippen molar-refractivity contribution in [2.75, 3.05) is 6.61 Å².